The molecule has 0 spiro atoms. The van der Waals surface area contributed by atoms with Gasteiger partial charge in [0.05, 0.1) is 24.5 Å². The Morgan fingerprint density at radius 1 is 1.23 bits per heavy atom. The van der Waals surface area contributed by atoms with Crippen LogP contribution in [0, 0.1) is 6.92 Å². The van der Waals surface area contributed by atoms with E-state index in [1.54, 1.807) is 24.3 Å². The van der Waals surface area contributed by atoms with E-state index in [0.717, 1.165) is 23.1 Å². The van der Waals surface area contributed by atoms with Gasteiger partial charge in [-0.1, -0.05) is 0 Å². The smallest absolute Gasteiger partial charge is 0.325 e. The Kier molecular flexibility index (Phi) is 5.42. The van der Waals surface area contributed by atoms with Crippen LogP contribution in [-0.2, 0) is 16.1 Å². The van der Waals surface area contributed by atoms with Crippen molar-refractivity contribution in [2.45, 2.75) is 13.5 Å². The topological polar surface area (TPSA) is 90.4 Å². The molecule has 0 bridgehead atoms. The molecule has 0 atom stereocenters. The predicted molar refractivity (Wildman–Crippen MR) is 79.8 cm³/mol. The molecule has 0 fully saturated rings. The number of aryl methyl sites for hydroxylation is 1. The second-order valence-corrected chi connectivity index (χ2v) is 4.90. The highest BCUT2D eigenvalue weighted by Gasteiger charge is 2.09. The molecule has 0 saturated carbocycles. The maximum absolute atomic E-state index is 11.8. The van der Waals surface area contributed by atoms with Gasteiger partial charge >= 0.3 is 5.97 Å². The summed E-state index contributed by atoms with van der Waals surface area (Å²) < 4.78 is 18.2. The van der Waals surface area contributed by atoms with Gasteiger partial charge < -0.3 is 14.8 Å². The van der Waals surface area contributed by atoms with Crippen molar-refractivity contribution in [3.8, 4) is 5.75 Å². The molecular formula is C14H15N3O4S. The van der Waals surface area contributed by atoms with Crippen LogP contribution in [0.3, 0.4) is 0 Å². The summed E-state index contributed by atoms with van der Waals surface area (Å²) in [4.78, 5) is 22.7. The molecule has 1 aromatic carbocycles. The Morgan fingerprint density at radius 3 is 2.55 bits per heavy atom. The van der Waals surface area contributed by atoms with E-state index < -0.39 is 5.97 Å². The zero-order chi connectivity index (χ0) is 15.9. The normalized spacial score (nSPS) is 10.1. The molecule has 0 radical (unpaired) electrons. The molecule has 2 rings (SSSR count). The second kappa shape index (κ2) is 7.51. The summed E-state index contributed by atoms with van der Waals surface area (Å²) in [5.74, 6) is -0.228. The first-order valence-corrected chi connectivity index (χ1v) is 7.19. The van der Waals surface area contributed by atoms with Crippen molar-refractivity contribution >= 4 is 23.6 Å². The average Bonchev–Trinajstić information content (AvgIpc) is 2.96. The number of aromatic nitrogens is 2. The van der Waals surface area contributed by atoms with Gasteiger partial charge in [0.1, 0.15) is 24.6 Å². The predicted octanol–water partition coefficient (Wildman–Crippen LogP) is 1.33. The summed E-state index contributed by atoms with van der Waals surface area (Å²) in [5.41, 5.74) is 2.08. The van der Waals surface area contributed by atoms with Crippen LogP contribution in [0.1, 0.15) is 21.7 Å². The van der Waals surface area contributed by atoms with Crippen molar-refractivity contribution in [1.29, 1.82) is 0 Å². The summed E-state index contributed by atoms with van der Waals surface area (Å²) >= 11 is 1.15. The van der Waals surface area contributed by atoms with E-state index in [9.17, 15) is 9.59 Å². The summed E-state index contributed by atoms with van der Waals surface area (Å²) in [6.07, 6.45) is 0. The quantitative estimate of drug-likeness (QED) is 0.807. The standard InChI is InChI=1S/C14H15N3O4S/c1-9-12(17-22-16-9)8-21-11-5-3-10(4-6-11)14(19)15-7-13(18)20-2/h3-6H,7-8H2,1-2H3,(H,15,19). The molecule has 1 amide bonds. The number of hydrogen-bond donors (Lipinski definition) is 1. The molecule has 1 aromatic heterocycles. The average molecular weight is 321 g/mol. The van der Waals surface area contributed by atoms with E-state index in [1.807, 2.05) is 6.92 Å². The molecule has 0 saturated heterocycles. The van der Waals surface area contributed by atoms with Gasteiger partial charge in [0.2, 0.25) is 0 Å². The molecule has 8 heteroatoms. The second-order valence-electron chi connectivity index (χ2n) is 4.37. The van der Waals surface area contributed by atoms with Crippen LogP contribution in [0.2, 0.25) is 0 Å². The molecule has 1 N–H and O–H groups in total. The van der Waals surface area contributed by atoms with E-state index in [2.05, 4.69) is 18.8 Å². The van der Waals surface area contributed by atoms with Crippen LogP contribution in [0.25, 0.3) is 0 Å². The van der Waals surface area contributed by atoms with Crippen molar-refractivity contribution in [3.05, 3.63) is 41.2 Å². The molecular weight excluding hydrogens is 306 g/mol. The monoisotopic (exact) mass is 321 g/mol. The molecule has 116 valence electrons. The van der Waals surface area contributed by atoms with Gasteiger partial charge in [-0.15, -0.1) is 0 Å². The third kappa shape index (κ3) is 4.26. The van der Waals surface area contributed by atoms with E-state index in [1.165, 1.54) is 7.11 Å². The van der Waals surface area contributed by atoms with Crippen LogP contribution >= 0.6 is 11.7 Å². The van der Waals surface area contributed by atoms with Crippen LogP contribution in [0.15, 0.2) is 24.3 Å². The van der Waals surface area contributed by atoms with Crippen LogP contribution in [0.4, 0.5) is 0 Å². The van der Waals surface area contributed by atoms with E-state index >= 15 is 0 Å². The Morgan fingerprint density at radius 2 is 1.95 bits per heavy atom. The number of carbonyl (C=O) groups is 2. The number of methoxy groups -OCH3 is 1. The number of nitrogens with one attached hydrogen (secondary N) is 1. The maximum Gasteiger partial charge on any atom is 0.325 e. The number of amides is 1. The first kappa shape index (κ1) is 15.9. The lowest BCUT2D eigenvalue weighted by Crippen LogP contribution is -2.30. The highest BCUT2D eigenvalue weighted by atomic mass is 32.1. The minimum Gasteiger partial charge on any atom is -0.487 e. The fourth-order valence-corrected chi connectivity index (χ4v) is 2.11. The number of benzene rings is 1. The highest BCUT2D eigenvalue weighted by Crippen LogP contribution is 2.15. The minimum absolute atomic E-state index is 0.163. The molecule has 1 heterocycles. The number of carbonyl (C=O) groups excluding carboxylic acids is 2. The zero-order valence-electron chi connectivity index (χ0n) is 12.2. The summed E-state index contributed by atoms with van der Waals surface area (Å²) in [5, 5.41) is 2.46. The lowest BCUT2D eigenvalue weighted by atomic mass is 10.2. The largest absolute Gasteiger partial charge is 0.487 e. The fourth-order valence-electron chi connectivity index (χ4n) is 1.56. The molecule has 0 aliphatic heterocycles. The van der Waals surface area contributed by atoms with Crippen LogP contribution in [0.5, 0.6) is 5.75 Å². The molecule has 0 aliphatic carbocycles. The van der Waals surface area contributed by atoms with Crippen molar-refractivity contribution in [3.63, 3.8) is 0 Å². The lowest BCUT2D eigenvalue weighted by Gasteiger charge is -2.07. The van der Waals surface area contributed by atoms with Crippen molar-refractivity contribution in [2.75, 3.05) is 13.7 Å². The van der Waals surface area contributed by atoms with E-state index in [0.29, 0.717) is 17.9 Å². The summed E-state index contributed by atoms with van der Waals surface area (Å²) in [6.45, 7) is 2.04. The summed E-state index contributed by atoms with van der Waals surface area (Å²) in [6, 6.07) is 6.60. The van der Waals surface area contributed by atoms with Crippen molar-refractivity contribution < 1.29 is 19.1 Å². The molecule has 0 aliphatic rings. The molecule has 2 aromatic rings. The first-order valence-electron chi connectivity index (χ1n) is 6.46. The van der Waals surface area contributed by atoms with Crippen molar-refractivity contribution in [2.24, 2.45) is 0 Å². The van der Waals surface area contributed by atoms with Gasteiger partial charge in [-0.2, -0.15) is 8.75 Å². The zero-order valence-corrected chi connectivity index (χ0v) is 13.0. The van der Waals surface area contributed by atoms with Crippen molar-refractivity contribution in [1.82, 2.24) is 14.1 Å². The SMILES string of the molecule is COC(=O)CNC(=O)c1ccc(OCc2nsnc2C)cc1. The van der Waals surface area contributed by atoms with Gasteiger partial charge in [0.15, 0.2) is 0 Å². The van der Waals surface area contributed by atoms with E-state index in [-0.39, 0.29) is 12.5 Å². The van der Waals surface area contributed by atoms with Gasteiger partial charge in [-0.3, -0.25) is 9.59 Å². The minimum atomic E-state index is -0.499. The number of hydrogen-bond acceptors (Lipinski definition) is 7. The molecule has 0 unspecified atom stereocenters. The van der Waals surface area contributed by atoms with Gasteiger partial charge in [-0.25, -0.2) is 0 Å². The Hall–Kier alpha value is -2.48. The third-order valence-electron chi connectivity index (χ3n) is 2.86. The van der Waals surface area contributed by atoms with Crippen LogP contribution < -0.4 is 10.1 Å². The van der Waals surface area contributed by atoms with Gasteiger partial charge in [0, 0.05) is 5.56 Å². The Bertz CT molecular complexity index is 654. The van der Waals surface area contributed by atoms with Gasteiger partial charge in [0.25, 0.3) is 5.91 Å². The third-order valence-corrected chi connectivity index (χ3v) is 3.52. The fraction of sp³-hybridized carbons (Fsp3) is 0.286. The maximum atomic E-state index is 11.8. The Labute approximate surface area is 131 Å². The number of ether oxygens (including phenoxy) is 2. The van der Waals surface area contributed by atoms with Crippen LogP contribution in [-0.4, -0.2) is 34.3 Å². The lowest BCUT2D eigenvalue weighted by molar-refractivity contribution is -0.139. The number of esters is 1. The number of rotatable bonds is 6. The number of nitrogens with zero attached hydrogens (tertiary/aromatic N) is 2. The molecule has 7 nitrogen and oxygen atoms in total. The Balaban J connectivity index is 1.88. The highest BCUT2D eigenvalue weighted by molar-refractivity contribution is 6.99. The van der Waals surface area contributed by atoms with E-state index in [4.69, 9.17) is 4.74 Å². The summed E-state index contributed by atoms with van der Waals surface area (Å²) in [7, 11) is 1.26. The van der Waals surface area contributed by atoms with Gasteiger partial charge in [-0.05, 0) is 31.2 Å². The molecule has 22 heavy (non-hydrogen) atoms. The first-order chi connectivity index (χ1) is 10.6.